The van der Waals surface area contributed by atoms with Gasteiger partial charge in [0, 0.05) is 16.7 Å². The quantitative estimate of drug-likeness (QED) is 0.332. The topological polar surface area (TPSA) is 151 Å². The van der Waals surface area contributed by atoms with Crippen molar-refractivity contribution >= 4 is 0 Å². The fourth-order valence-corrected chi connectivity index (χ4v) is 2.29. The van der Waals surface area contributed by atoms with E-state index in [-0.39, 0.29) is 33.8 Å². The second-order valence-electron chi connectivity index (χ2n) is 5.41. The zero-order valence-electron chi connectivity index (χ0n) is 13.2. The van der Waals surface area contributed by atoms with E-state index in [0.717, 1.165) is 0 Å². The largest absolute Gasteiger partial charge is 0.507 e. The second kappa shape index (κ2) is 5.80. The standard InChI is InChI=1S/C16H18O8/c1-5-9(17)7(3)16(15(23)12(5)20)24-4-8-13(21)10(18)6(2)11(19)14(8)22/h17-23H,4H2,1-3H3. The molecule has 0 saturated carbocycles. The lowest BCUT2D eigenvalue weighted by atomic mass is 10.1. The van der Waals surface area contributed by atoms with Gasteiger partial charge in [-0.3, -0.25) is 0 Å². The average molecular weight is 338 g/mol. The van der Waals surface area contributed by atoms with E-state index in [2.05, 4.69) is 0 Å². The number of aromatic hydroxyl groups is 7. The number of hydrogen-bond donors (Lipinski definition) is 7. The van der Waals surface area contributed by atoms with Gasteiger partial charge in [0.2, 0.25) is 5.75 Å². The van der Waals surface area contributed by atoms with Crippen LogP contribution in [-0.2, 0) is 6.61 Å². The molecule has 0 aliphatic rings. The molecular weight excluding hydrogens is 320 g/mol. The van der Waals surface area contributed by atoms with Gasteiger partial charge in [0.15, 0.2) is 34.5 Å². The van der Waals surface area contributed by atoms with E-state index in [0.29, 0.717) is 0 Å². The van der Waals surface area contributed by atoms with Gasteiger partial charge in [-0.15, -0.1) is 0 Å². The van der Waals surface area contributed by atoms with Gasteiger partial charge in [0.05, 0.1) is 5.56 Å². The molecule has 0 spiro atoms. The van der Waals surface area contributed by atoms with E-state index in [9.17, 15) is 35.7 Å². The molecule has 0 saturated heterocycles. The highest BCUT2D eigenvalue weighted by atomic mass is 16.5. The van der Waals surface area contributed by atoms with E-state index >= 15 is 0 Å². The Hall–Kier alpha value is -3.16. The molecule has 0 radical (unpaired) electrons. The summed E-state index contributed by atoms with van der Waals surface area (Å²) in [5, 5.41) is 68.8. The fourth-order valence-electron chi connectivity index (χ4n) is 2.29. The molecule has 0 amide bonds. The zero-order chi connectivity index (χ0) is 18.3. The first-order chi connectivity index (χ1) is 11.1. The molecule has 8 heteroatoms. The maximum Gasteiger partial charge on any atom is 0.201 e. The molecule has 0 aliphatic heterocycles. The minimum absolute atomic E-state index is 0.0636. The van der Waals surface area contributed by atoms with Gasteiger partial charge in [0.1, 0.15) is 12.4 Å². The SMILES string of the molecule is Cc1c(O)c(O)c(COc2c(C)c(O)c(C)c(O)c2O)c(O)c1O. The smallest absolute Gasteiger partial charge is 0.201 e. The van der Waals surface area contributed by atoms with Crippen LogP contribution in [0.4, 0.5) is 0 Å². The van der Waals surface area contributed by atoms with Crippen LogP contribution < -0.4 is 4.74 Å². The van der Waals surface area contributed by atoms with Gasteiger partial charge in [-0.05, 0) is 20.8 Å². The third-order valence-corrected chi connectivity index (χ3v) is 3.94. The van der Waals surface area contributed by atoms with E-state index in [1.54, 1.807) is 0 Å². The second-order valence-corrected chi connectivity index (χ2v) is 5.41. The Morgan fingerprint density at radius 2 is 0.958 bits per heavy atom. The molecule has 24 heavy (non-hydrogen) atoms. The van der Waals surface area contributed by atoms with Gasteiger partial charge in [-0.25, -0.2) is 0 Å². The van der Waals surface area contributed by atoms with E-state index < -0.39 is 41.1 Å². The summed E-state index contributed by atoms with van der Waals surface area (Å²) in [7, 11) is 0. The summed E-state index contributed by atoms with van der Waals surface area (Å²) in [4.78, 5) is 0. The van der Waals surface area contributed by atoms with Crippen LogP contribution in [-0.4, -0.2) is 35.7 Å². The summed E-state index contributed by atoms with van der Waals surface area (Å²) in [6.07, 6.45) is 0. The molecule has 0 unspecified atom stereocenters. The van der Waals surface area contributed by atoms with Crippen LogP contribution in [0.5, 0.6) is 46.0 Å². The first-order valence-electron chi connectivity index (χ1n) is 6.91. The number of rotatable bonds is 3. The van der Waals surface area contributed by atoms with Gasteiger partial charge < -0.3 is 40.5 Å². The van der Waals surface area contributed by atoms with Gasteiger partial charge in [0.25, 0.3) is 0 Å². The maximum absolute atomic E-state index is 9.94. The van der Waals surface area contributed by atoms with E-state index in [1.165, 1.54) is 20.8 Å². The van der Waals surface area contributed by atoms with Crippen molar-refractivity contribution in [3.05, 3.63) is 22.3 Å². The summed E-state index contributed by atoms with van der Waals surface area (Å²) < 4.78 is 5.27. The monoisotopic (exact) mass is 338 g/mol. The Kier molecular flexibility index (Phi) is 4.16. The maximum atomic E-state index is 9.94. The number of phenols is 7. The van der Waals surface area contributed by atoms with Crippen LogP contribution in [0.15, 0.2) is 0 Å². The van der Waals surface area contributed by atoms with Crippen LogP contribution >= 0.6 is 0 Å². The predicted octanol–water partition coefficient (Wildman–Crippen LogP) is 2.13. The van der Waals surface area contributed by atoms with Crippen molar-refractivity contribution < 1.29 is 40.5 Å². The van der Waals surface area contributed by atoms with Gasteiger partial charge in [-0.1, -0.05) is 0 Å². The van der Waals surface area contributed by atoms with Crippen LogP contribution in [0.25, 0.3) is 0 Å². The predicted molar refractivity (Wildman–Crippen MR) is 83.1 cm³/mol. The summed E-state index contributed by atoms with van der Waals surface area (Å²) in [6, 6.07) is 0. The van der Waals surface area contributed by atoms with Crippen LogP contribution in [0.3, 0.4) is 0 Å². The molecule has 2 aromatic rings. The van der Waals surface area contributed by atoms with E-state index in [4.69, 9.17) is 4.74 Å². The van der Waals surface area contributed by atoms with Crippen molar-refractivity contribution in [3.63, 3.8) is 0 Å². The average Bonchev–Trinajstić information content (AvgIpc) is 2.57. The Labute approximate surface area is 137 Å². The third kappa shape index (κ3) is 2.41. The minimum Gasteiger partial charge on any atom is -0.507 e. The first-order valence-corrected chi connectivity index (χ1v) is 6.91. The Morgan fingerprint density at radius 3 is 1.46 bits per heavy atom. The molecule has 0 bridgehead atoms. The molecule has 7 N–H and O–H groups in total. The molecule has 0 fully saturated rings. The summed E-state index contributed by atoms with van der Waals surface area (Å²) >= 11 is 0. The minimum atomic E-state index is -0.694. The molecule has 0 heterocycles. The molecule has 130 valence electrons. The van der Waals surface area contributed by atoms with Crippen LogP contribution in [0.1, 0.15) is 22.3 Å². The van der Waals surface area contributed by atoms with Crippen molar-refractivity contribution in [3.8, 4) is 46.0 Å². The normalized spacial score (nSPS) is 10.8. The number of hydrogen-bond acceptors (Lipinski definition) is 8. The third-order valence-electron chi connectivity index (χ3n) is 3.94. The molecule has 0 aromatic heterocycles. The highest BCUT2D eigenvalue weighted by Gasteiger charge is 2.24. The lowest BCUT2D eigenvalue weighted by molar-refractivity contribution is 0.263. The molecule has 0 atom stereocenters. The fraction of sp³-hybridized carbons (Fsp3) is 0.250. The molecule has 2 rings (SSSR count). The number of phenolic OH excluding ortho intramolecular Hbond substituents is 7. The molecule has 0 aliphatic carbocycles. The summed E-state index contributed by atoms with van der Waals surface area (Å²) in [5.41, 5.74) is -0.247. The summed E-state index contributed by atoms with van der Waals surface area (Å²) in [6.45, 7) is 3.56. The van der Waals surface area contributed by atoms with Crippen molar-refractivity contribution in [1.29, 1.82) is 0 Å². The van der Waals surface area contributed by atoms with Crippen molar-refractivity contribution in [2.24, 2.45) is 0 Å². The summed E-state index contributed by atoms with van der Waals surface area (Å²) in [5.74, 6) is -4.39. The Balaban J connectivity index is 2.48. The van der Waals surface area contributed by atoms with Crippen molar-refractivity contribution in [2.45, 2.75) is 27.4 Å². The number of benzene rings is 2. The first kappa shape index (κ1) is 17.2. The van der Waals surface area contributed by atoms with Gasteiger partial charge >= 0.3 is 0 Å². The number of ether oxygens (including phenoxy) is 1. The highest BCUT2D eigenvalue weighted by molar-refractivity contribution is 5.65. The van der Waals surface area contributed by atoms with Gasteiger partial charge in [-0.2, -0.15) is 0 Å². The van der Waals surface area contributed by atoms with Crippen LogP contribution in [0.2, 0.25) is 0 Å². The zero-order valence-corrected chi connectivity index (χ0v) is 13.2. The Bertz CT molecular complexity index is 698. The lowest BCUT2D eigenvalue weighted by Gasteiger charge is -2.17. The molecular formula is C16H18O8. The van der Waals surface area contributed by atoms with Crippen molar-refractivity contribution in [1.82, 2.24) is 0 Å². The van der Waals surface area contributed by atoms with Crippen molar-refractivity contribution in [2.75, 3.05) is 0 Å². The van der Waals surface area contributed by atoms with Crippen LogP contribution in [0, 0.1) is 20.8 Å². The van der Waals surface area contributed by atoms with E-state index in [1.807, 2.05) is 0 Å². The molecule has 2 aromatic carbocycles. The highest BCUT2D eigenvalue weighted by Crippen LogP contribution is 2.49. The Morgan fingerprint density at radius 1 is 0.542 bits per heavy atom. The molecule has 8 nitrogen and oxygen atoms in total. The lowest BCUT2D eigenvalue weighted by Crippen LogP contribution is -2.00.